The van der Waals surface area contributed by atoms with Crippen LogP contribution in [0.4, 0.5) is 0 Å². The normalized spacial score (nSPS) is 25.3. The lowest BCUT2D eigenvalue weighted by Gasteiger charge is -2.27. The Labute approximate surface area is 96.3 Å². The third-order valence-corrected chi connectivity index (χ3v) is 3.55. The van der Waals surface area contributed by atoms with Gasteiger partial charge in [0, 0.05) is 18.3 Å². The third kappa shape index (κ3) is 2.46. The number of aromatic nitrogens is 2. The van der Waals surface area contributed by atoms with Gasteiger partial charge in [-0.15, -0.1) is 0 Å². The van der Waals surface area contributed by atoms with E-state index in [2.05, 4.69) is 16.9 Å². The highest BCUT2D eigenvalue weighted by molar-refractivity contribution is 5.73. The van der Waals surface area contributed by atoms with Crippen molar-refractivity contribution in [2.75, 3.05) is 0 Å². The fraction of sp³-hybridized carbons (Fsp3) is 0.615. The van der Waals surface area contributed by atoms with Gasteiger partial charge >= 0.3 is 0 Å². The molecule has 1 heterocycles. The van der Waals surface area contributed by atoms with Crippen LogP contribution < -0.4 is 0 Å². The molecule has 2 atom stereocenters. The number of rotatable bonds is 3. The van der Waals surface area contributed by atoms with Crippen LogP contribution in [0.5, 0.6) is 0 Å². The van der Waals surface area contributed by atoms with Crippen molar-refractivity contribution in [3.63, 3.8) is 0 Å². The first kappa shape index (κ1) is 11.2. The highest BCUT2D eigenvalue weighted by Gasteiger charge is 2.23. The van der Waals surface area contributed by atoms with Crippen molar-refractivity contribution in [1.29, 1.82) is 0 Å². The third-order valence-electron chi connectivity index (χ3n) is 3.55. The van der Waals surface area contributed by atoms with Crippen LogP contribution in [0.3, 0.4) is 0 Å². The van der Waals surface area contributed by atoms with Gasteiger partial charge in [0.15, 0.2) is 6.29 Å². The van der Waals surface area contributed by atoms with Crippen molar-refractivity contribution in [1.82, 2.24) is 9.97 Å². The molecule has 1 aromatic rings. The van der Waals surface area contributed by atoms with Gasteiger partial charge in [0.05, 0.1) is 5.56 Å². The largest absolute Gasteiger partial charge is 0.298 e. The summed E-state index contributed by atoms with van der Waals surface area (Å²) in [5.41, 5.74) is 0.562. The minimum absolute atomic E-state index is 0.499. The van der Waals surface area contributed by atoms with Crippen molar-refractivity contribution < 1.29 is 4.79 Å². The molecule has 2 unspecified atom stereocenters. The molecule has 0 N–H and O–H groups in total. The molecule has 0 aliphatic heterocycles. The highest BCUT2D eigenvalue weighted by Crippen LogP contribution is 2.35. The zero-order valence-corrected chi connectivity index (χ0v) is 9.72. The highest BCUT2D eigenvalue weighted by atomic mass is 16.1. The van der Waals surface area contributed by atoms with Crippen LogP contribution in [0.25, 0.3) is 0 Å². The maximum atomic E-state index is 10.5. The van der Waals surface area contributed by atoms with E-state index < -0.39 is 0 Å². The zero-order chi connectivity index (χ0) is 11.4. The number of carbonyl (C=O) groups excluding carboxylic acids is 1. The molecule has 0 saturated heterocycles. The lowest BCUT2D eigenvalue weighted by molar-refractivity contribution is 0.112. The summed E-state index contributed by atoms with van der Waals surface area (Å²) < 4.78 is 0. The first-order chi connectivity index (χ1) is 7.83. The number of hydrogen-bond donors (Lipinski definition) is 0. The maximum absolute atomic E-state index is 10.5. The van der Waals surface area contributed by atoms with Crippen LogP contribution in [0, 0.1) is 5.92 Å². The zero-order valence-electron chi connectivity index (χ0n) is 9.72. The maximum Gasteiger partial charge on any atom is 0.153 e. The van der Waals surface area contributed by atoms with Crippen molar-refractivity contribution in [3.05, 3.63) is 23.8 Å². The van der Waals surface area contributed by atoms with E-state index in [1.807, 2.05) is 0 Å². The molecule has 3 nitrogen and oxygen atoms in total. The molecule has 0 aromatic carbocycles. The van der Waals surface area contributed by atoms with Crippen LogP contribution in [-0.4, -0.2) is 16.3 Å². The molecular weight excluding hydrogens is 200 g/mol. The number of aldehydes is 1. The van der Waals surface area contributed by atoms with Crippen LogP contribution in [0.1, 0.15) is 61.1 Å². The van der Waals surface area contributed by atoms with E-state index in [-0.39, 0.29) is 0 Å². The van der Waals surface area contributed by atoms with Crippen molar-refractivity contribution in [3.8, 4) is 0 Å². The Kier molecular flexibility index (Phi) is 3.65. The summed E-state index contributed by atoms with van der Waals surface area (Å²) in [6.07, 6.45) is 10.3. The summed E-state index contributed by atoms with van der Waals surface area (Å²) in [5.74, 6) is 2.25. The summed E-state index contributed by atoms with van der Waals surface area (Å²) >= 11 is 0. The van der Waals surface area contributed by atoms with Crippen LogP contribution in [0.15, 0.2) is 12.4 Å². The van der Waals surface area contributed by atoms with E-state index in [4.69, 9.17) is 0 Å². The molecule has 1 aliphatic rings. The lowest BCUT2D eigenvalue weighted by atomic mass is 9.80. The minimum atomic E-state index is 0.499. The summed E-state index contributed by atoms with van der Waals surface area (Å²) in [4.78, 5) is 19.1. The monoisotopic (exact) mass is 218 g/mol. The average molecular weight is 218 g/mol. The molecule has 86 valence electrons. The fourth-order valence-electron chi connectivity index (χ4n) is 2.52. The van der Waals surface area contributed by atoms with Gasteiger partial charge < -0.3 is 0 Å². The van der Waals surface area contributed by atoms with E-state index in [0.717, 1.165) is 18.0 Å². The van der Waals surface area contributed by atoms with E-state index in [9.17, 15) is 4.79 Å². The van der Waals surface area contributed by atoms with Gasteiger partial charge in [0.2, 0.25) is 0 Å². The SMILES string of the molecule is CCC1CCCC(c2ncc(C=O)cn2)C1. The number of nitrogens with zero attached hydrogens (tertiary/aromatic N) is 2. The molecule has 2 rings (SSSR count). The molecule has 1 fully saturated rings. The topological polar surface area (TPSA) is 42.9 Å². The number of carbonyl (C=O) groups is 1. The van der Waals surface area contributed by atoms with Crippen molar-refractivity contribution in [2.45, 2.75) is 44.9 Å². The summed E-state index contributed by atoms with van der Waals surface area (Å²) in [6.45, 7) is 2.25. The average Bonchev–Trinajstić information content (AvgIpc) is 2.39. The van der Waals surface area contributed by atoms with Gasteiger partial charge in [-0.25, -0.2) is 9.97 Å². The molecule has 1 saturated carbocycles. The smallest absolute Gasteiger partial charge is 0.153 e. The predicted octanol–water partition coefficient (Wildman–Crippen LogP) is 2.97. The molecule has 0 radical (unpaired) electrons. The Morgan fingerprint density at radius 2 is 2.12 bits per heavy atom. The van der Waals surface area contributed by atoms with E-state index in [0.29, 0.717) is 11.5 Å². The molecule has 0 bridgehead atoms. The predicted molar refractivity (Wildman–Crippen MR) is 62.4 cm³/mol. The van der Waals surface area contributed by atoms with Gasteiger partial charge in [0.25, 0.3) is 0 Å². The summed E-state index contributed by atoms with van der Waals surface area (Å²) in [5, 5.41) is 0. The van der Waals surface area contributed by atoms with Crippen LogP contribution in [0.2, 0.25) is 0 Å². The van der Waals surface area contributed by atoms with Gasteiger partial charge in [-0.1, -0.05) is 26.2 Å². The Bertz CT molecular complexity index is 347. The first-order valence-electron chi connectivity index (χ1n) is 6.10. The van der Waals surface area contributed by atoms with Gasteiger partial charge in [-0.05, 0) is 18.8 Å². The van der Waals surface area contributed by atoms with E-state index in [1.54, 1.807) is 12.4 Å². The Balaban J connectivity index is 2.07. The molecule has 16 heavy (non-hydrogen) atoms. The van der Waals surface area contributed by atoms with Crippen LogP contribution >= 0.6 is 0 Å². The Hall–Kier alpha value is -1.25. The van der Waals surface area contributed by atoms with Gasteiger partial charge in [-0.2, -0.15) is 0 Å². The van der Waals surface area contributed by atoms with E-state index in [1.165, 1.54) is 32.1 Å². The quantitative estimate of drug-likeness (QED) is 0.732. The second-order valence-electron chi connectivity index (χ2n) is 4.63. The van der Waals surface area contributed by atoms with E-state index >= 15 is 0 Å². The molecular formula is C13H18N2O. The number of hydrogen-bond acceptors (Lipinski definition) is 3. The molecule has 0 amide bonds. The standard InChI is InChI=1S/C13H18N2O/c1-2-10-4-3-5-12(6-10)13-14-7-11(9-16)8-15-13/h7-10,12H,2-6H2,1H3. The van der Waals surface area contributed by atoms with Gasteiger partial charge in [0.1, 0.15) is 5.82 Å². The lowest BCUT2D eigenvalue weighted by Crippen LogP contribution is -2.15. The van der Waals surface area contributed by atoms with Crippen molar-refractivity contribution in [2.24, 2.45) is 5.92 Å². The van der Waals surface area contributed by atoms with Crippen LogP contribution in [-0.2, 0) is 0 Å². The fourth-order valence-corrected chi connectivity index (χ4v) is 2.52. The summed E-state index contributed by atoms with van der Waals surface area (Å²) in [7, 11) is 0. The Morgan fingerprint density at radius 1 is 1.38 bits per heavy atom. The second kappa shape index (κ2) is 5.19. The minimum Gasteiger partial charge on any atom is -0.298 e. The molecule has 0 spiro atoms. The van der Waals surface area contributed by atoms with Gasteiger partial charge in [-0.3, -0.25) is 4.79 Å². The second-order valence-corrected chi connectivity index (χ2v) is 4.63. The Morgan fingerprint density at radius 3 is 2.75 bits per heavy atom. The summed E-state index contributed by atoms with van der Waals surface area (Å²) in [6, 6.07) is 0. The first-order valence-corrected chi connectivity index (χ1v) is 6.10. The molecule has 3 heteroatoms. The van der Waals surface area contributed by atoms with Crippen molar-refractivity contribution >= 4 is 6.29 Å². The molecule has 1 aliphatic carbocycles. The molecule has 1 aromatic heterocycles.